The monoisotopic (exact) mass is 236 g/mol. The molecule has 0 radical (unpaired) electrons. The van der Waals surface area contributed by atoms with Crippen molar-refractivity contribution in [3.63, 3.8) is 0 Å². The van der Waals surface area contributed by atoms with Crippen molar-refractivity contribution in [1.82, 2.24) is 0 Å². The maximum Gasteiger partial charge on any atom is 0.336 e. The summed E-state index contributed by atoms with van der Waals surface area (Å²) in [6, 6.07) is 0. The Balaban J connectivity index is 3.83. The quantitative estimate of drug-likeness (QED) is 0.407. The molecule has 0 saturated heterocycles. The molecule has 0 heterocycles. The molecule has 0 aliphatic rings. The summed E-state index contributed by atoms with van der Waals surface area (Å²) in [6.07, 6.45) is 0. The van der Waals surface area contributed by atoms with Crippen molar-refractivity contribution in [3.8, 4) is 0 Å². The SMILES string of the molecule is C=C(COC(=O)C(C)Cl)C(=O)OCCO. The Kier molecular flexibility index (Phi) is 6.73. The molecule has 0 aliphatic heterocycles. The summed E-state index contributed by atoms with van der Waals surface area (Å²) < 4.78 is 9.17. The van der Waals surface area contributed by atoms with Gasteiger partial charge in [-0.05, 0) is 6.92 Å². The maximum atomic E-state index is 11.0. The van der Waals surface area contributed by atoms with Crippen molar-refractivity contribution in [1.29, 1.82) is 0 Å². The van der Waals surface area contributed by atoms with E-state index in [4.69, 9.17) is 16.7 Å². The van der Waals surface area contributed by atoms with Gasteiger partial charge in [0.25, 0.3) is 0 Å². The van der Waals surface area contributed by atoms with E-state index < -0.39 is 17.3 Å². The van der Waals surface area contributed by atoms with E-state index in [0.29, 0.717) is 0 Å². The number of esters is 2. The van der Waals surface area contributed by atoms with Gasteiger partial charge in [-0.25, -0.2) is 4.79 Å². The molecule has 6 heteroatoms. The molecular formula is C9H13ClO5. The van der Waals surface area contributed by atoms with E-state index in [9.17, 15) is 9.59 Å². The third-order valence-corrected chi connectivity index (χ3v) is 1.50. The van der Waals surface area contributed by atoms with Crippen molar-refractivity contribution in [3.05, 3.63) is 12.2 Å². The molecular weight excluding hydrogens is 224 g/mol. The van der Waals surface area contributed by atoms with Crippen LogP contribution in [0.1, 0.15) is 6.92 Å². The molecule has 1 unspecified atom stereocenters. The van der Waals surface area contributed by atoms with Crippen molar-refractivity contribution < 1.29 is 24.2 Å². The Morgan fingerprint density at radius 1 is 1.47 bits per heavy atom. The highest BCUT2D eigenvalue weighted by Crippen LogP contribution is 2.01. The first-order chi connectivity index (χ1) is 6.99. The molecule has 0 rings (SSSR count). The molecule has 0 amide bonds. The van der Waals surface area contributed by atoms with Gasteiger partial charge >= 0.3 is 11.9 Å². The van der Waals surface area contributed by atoms with E-state index in [1.165, 1.54) is 6.92 Å². The van der Waals surface area contributed by atoms with Crippen LogP contribution >= 0.6 is 11.6 Å². The number of carbonyl (C=O) groups is 2. The molecule has 0 aromatic carbocycles. The predicted molar refractivity (Wildman–Crippen MR) is 53.5 cm³/mol. The van der Waals surface area contributed by atoms with Gasteiger partial charge in [-0.15, -0.1) is 11.6 Å². The number of aliphatic hydroxyl groups excluding tert-OH is 1. The molecule has 1 N–H and O–H groups in total. The van der Waals surface area contributed by atoms with Crippen LogP contribution in [-0.2, 0) is 19.1 Å². The lowest BCUT2D eigenvalue weighted by Gasteiger charge is -2.07. The molecule has 15 heavy (non-hydrogen) atoms. The molecule has 5 nitrogen and oxygen atoms in total. The summed E-state index contributed by atoms with van der Waals surface area (Å²) in [5, 5.41) is 7.61. The Bertz CT molecular complexity index is 249. The van der Waals surface area contributed by atoms with Crippen LogP contribution in [0.25, 0.3) is 0 Å². The summed E-state index contributed by atoms with van der Waals surface area (Å²) in [5.41, 5.74) is -0.00545. The van der Waals surface area contributed by atoms with Crippen LogP contribution < -0.4 is 0 Å². The standard InChI is InChI=1S/C9H13ClO5/c1-6(8(12)14-4-3-11)5-15-9(13)7(2)10/h7,11H,1,3-5H2,2H3. The van der Waals surface area contributed by atoms with E-state index in [-0.39, 0.29) is 25.4 Å². The normalized spacial score (nSPS) is 11.7. The first kappa shape index (κ1) is 13.9. The van der Waals surface area contributed by atoms with Gasteiger partial charge in [0.1, 0.15) is 18.6 Å². The highest BCUT2D eigenvalue weighted by molar-refractivity contribution is 6.29. The lowest BCUT2D eigenvalue weighted by molar-refractivity contribution is -0.144. The average Bonchev–Trinajstić information content (AvgIpc) is 2.21. The molecule has 0 aromatic rings. The average molecular weight is 237 g/mol. The second kappa shape index (κ2) is 7.25. The summed E-state index contributed by atoms with van der Waals surface area (Å²) in [4.78, 5) is 21.9. The van der Waals surface area contributed by atoms with Gasteiger partial charge in [0.15, 0.2) is 0 Å². The summed E-state index contributed by atoms with van der Waals surface area (Å²) in [7, 11) is 0. The van der Waals surface area contributed by atoms with E-state index in [0.717, 1.165) is 0 Å². The van der Waals surface area contributed by atoms with Crippen LogP contribution in [0.3, 0.4) is 0 Å². The Morgan fingerprint density at radius 2 is 2.07 bits per heavy atom. The molecule has 0 spiro atoms. The minimum atomic E-state index is -0.772. The molecule has 0 saturated carbocycles. The number of halogens is 1. The van der Waals surface area contributed by atoms with Gasteiger partial charge < -0.3 is 14.6 Å². The second-order valence-electron chi connectivity index (χ2n) is 2.69. The number of hydrogen-bond acceptors (Lipinski definition) is 5. The third-order valence-electron chi connectivity index (χ3n) is 1.33. The van der Waals surface area contributed by atoms with Crippen LogP contribution in [0.15, 0.2) is 12.2 Å². The number of hydrogen-bond donors (Lipinski definition) is 1. The molecule has 1 atom stereocenters. The minimum Gasteiger partial charge on any atom is -0.460 e. The number of carbonyl (C=O) groups excluding carboxylic acids is 2. The van der Waals surface area contributed by atoms with E-state index >= 15 is 0 Å². The van der Waals surface area contributed by atoms with Crippen LogP contribution in [0.4, 0.5) is 0 Å². The molecule has 0 fully saturated rings. The lowest BCUT2D eigenvalue weighted by Crippen LogP contribution is -2.19. The van der Waals surface area contributed by atoms with Gasteiger partial charge in [-0.3, -0.25) is 4.79 Å². The Labute approximate surface area is 92.6 Å². The fourth-order valence-electron chi connectivity index (χ4n) is 0.572. The fraction of sp³-hybridized carbons (Fsp3) is 0.556. The topological polar surface area (TPSA) is 72.8 Å². The Morgan fingerprint density at radius 3 is 2.53 bits per heavy atom. The highest BCUT2D eigenvalue weighted by atomic mass is 35.5. The first-order valence-corrected chi connectivity index (χ1v) is 4.69. The van der Waals surface area contributed by atoms with Crippen molar-refractivity contribution in [2.75, 3.05) is 19.8 Å². The number of ether oxygens (including phenoxy) is 2. The van der Waals surface area contributed by atoms with Crippen LogP contribution in [0.2, 0.25) is 0 Å². The van der Waals surface area contributed by atoms with Crippen LogP contribution in [-0.4, -0.2) is 42.2 Å². The summed E-state index contributed by atoms with van der Waals surface area (Å²) >= 11 is 5.42. The van der Waals surface area contributed by atoms with Gasteiger partial charge in [-0.1, -0.05) is 6.58 Å². The summed E-state index contributed by atoms with van der Waals surface area (Å²) in [6.45, 7) is 4.17. The Hall–Kier alpha value is -1.07. The van der Waals surface area contributed by atoms with E-state index in [1.54, 1.807) is 0 Å². The van der Waals surface area contributed by atoms with Crippen molar-refractivity contribution >= 4 is 23.5 Å². The molecule has 0 aliphatic carbocycles. The van der Waals surface area contributed by atoms with Crippen molar-refractivity contribution in [2.24, 2.45) is 0 Å². The van der Waals surface area contributed by atoms with Crippen LogP contribution in [0.5, 0.6) is 0 Å². The fourth-order valence-corrected chi connectivity index (χ4v) is 0.635. The number of aliphatic hydroxyl groups is 1. The zero-order valence-corrected chi connectivity index (χ0v) is 9.12. The number of rotatable bonds is 6. The number of alkyl halides is 1. The third kappa shape index (κ3) is 6.09. The maximum absolute atomic E-state index is 11.0. The van der Waals surface area contributed by atoms with Crippen molar-refractivity contribution in [2.45, 2.75) is 12.3 Å². The second-order valence-corrected chi connectivity index (χ2v) is 3.34. The molecule has 86 valence electrons. The molecule has 0 bridgehead atoms. The van der Waals surface area contributed by atoms with Gasteiger partial charge in [0.2, 0.25) is 0 Å². The zero-order chi connectivity index (χ0) is 11.8. The van der Waals surface area contributed by atoms with E-state index in [2.05, 4.69) is 16.1 Å². The van der Waals surface area contributed by atoms with E-state index in [1.807, 2.05) is 0 Å². The smallest absolute Gasteiger partial charge is 0.336 e. The van der Waals surface area contributed by atoms with Crippen LogP contribution in [0, 0.1) is 0 Å². The zero-order valence-electron chi connectivity index (χ0n) is 8.36. The van der Waals surface area contributed by atoms with Gasteiger partial charge in [0.05, 0.1) is 12.2 Å². The minimum absolute atomic E-state index is 0.00545. The highest BCUT2D eigenvalue weighted by Gasteiger charge is 2.14. The largest absolute Gasteiger partial charge is 0.460 e. The molecule has 0 aromatic heterocycles. The lowest BCUT2D eigenvalue weighted by atomic mass is 10.3. The van der Waals surface area contributed by atoms with Gasteiger partial charge in [-0.2, -0.15) is 0 Å². The first-order valence-electron chi connectivity index (χ1n) is 4.25. The summed E-state index contributed by atoms with van der Waals surface area (Å²) in [5.74, 6) is -1.34. The predicted octanol–water partition coefficient (Wildman–Crippen LogP) is 0.249. The van der Waals surface area contributed by atoms with Gasteiger partial charge in [0, 0.05) is 0 Å².